The molecule has 2 rings (SSSR count). The number of anilines is 1. The topological polar surface area (TPSA) is 111 Å². The van der Waals surface area contributed by atoms with E-state index < -0.39 is 0 Å². The first-order valence-electron chi connectivity index (χ1n) is 7.23. The summed E-state index contributed by atoms with van der Waals surface area (Å²) in [4.78, 5) is 4.31. The van der Waals surface area contributed by atoms with E-state index in [0.717, 1.165) is 36.9 Å². The number of nitriles is 1. The molecule has 0 radical (unpaired) electrons. The van der Waals surface area contributed by atoms with Crippen LogP contribution in [0.1, 0.15) is 36.1 Å². The second-order valence-electron chi connectivity index (χ2n) is 4.98. The lowest BCUT2D eigenvalue weighted by molar-refractivity contribution is 0.474. The number of nitrogens with zero attached hydrogens (tertiary/aromatic N) is 3. The van der Waals surface area contributed by atoms with Crippen LogP contribution < -0.4 is 5.73 Å². The molecule has 0 fully saturated rings. The summed E-state index contributed by atoms with van der Waals surface area (Å²) < 4.78 is 0. The number of nitrogen functional groups attached to an aromatic ring is 1. The second kappa shape index (κ2) is 7.84. The van der Waals surface area contributed by atoms with E-state index >= 15 is 0 Å². The minimum absolute atomic E-state index is 0.243. The predicted octanol–water partition coefficient (Wildman–Crippen LogP) is 2.40. The lowest BCUT2D eigenvalue weighted by atomic mass is 10.1. The van der Waals surface area contributed by atoms with Crippen LogP contribution >= 0.6 is 0 Å². The van der Waals surface area contributed by atoms with Crippen LogP contribution in [0.2, 0.25) is 0 Å². The van der Waals surface area contributed by atoms with Crippen LogP contribution in [0.5, 0.6) is 5.75 Å². The molecule has 0 unspecified atom stereocenters. The number of aromatic hydroxyl groups is 1. The molecule has 22 heavy (non-hydrogen) atoms. The summed E-state index contributed by atoms with van der Waals surface area (Å²) >= 11 is 0. The average Bonchev–Trinajstić information content (AvgIpc) is 2.88. The third-order valence-electron chi connectivity index (χ3n) is 3.36. The number of aliphatic imine (C=N–C) groups is 1. The average molecular weight is 297 g/mol. The van der Waals surface area contributed by atoms with Gasteiger partial charge in [0, 0.05) is 18.3 Å². The van der Waals surface area contributed by atoms with Crippen LogP contribution in [0.25, 0.3) is 0 Å². The number of rotatable bonds is 7. The maximum absolute atomic E-state index is 9.59. The summed E-state index contributed by atoms with van der Waals surface area (Å²) in [7, 11) is 0. The first-order valence-corrected chi connectivity index (χ1v) is 7.23. The molecule has 6 heteroatoms. The zero-order chi connectivity index (χ0) is 15.8. The molecule has 1 aromatic heterocycles. The number of aromatic nitrogens is 2. The number of unbranched alkanes of at least 4 members (excludes halogenated alkanes) is 2. The number of H-pyrrole nitrogens is 1. The zero-order valence-electron chi connectivity index (χ0n) is 12.3. The van der Waals surface area contributed by atoms with Crippen molar-refractivity contribution in [2.75, 3.05) is 12.3 Å². The van der Waals surface area contributed by atoms with Gasteiger partial charge in [-0.3, -0.25) is 10.1 Å². The monoisotopic (exact) mass is 297 g/mol. The first kappa shape index (κ1) is 15.6. The molecule has 4 N–H and O–H groups in total. The van der Waals surface area contributed by atoms with Gasteiger partial charge in [0.1, 0.15) is 17.4 Å². The van der Waals surface area contributed by atoms with Gasteiger partial charge in [-0.25, -0.2) is 0 Å². The molecule has 0 aliphatic heterocycles. The Bertz CT molecular complexity index is 684. The van der Waals surface area contributed by atoms with E-state index in [1.165, 1.54) is 0 Å². The van der Waals surface area contributed by atoms with Gasteiger partial charge >= 0.3 is 0 Å². The van der Waals surface area contributed by atoms with Crippen molar-refractivity contribution in [3.8, 4) is 11.8 Å². The standard InChI is InChI=1S/C16H19N5O/c17-10-13-14(20-21-16(13)18)7-2-1-5-9-19-11-12-6-3-4-8-15(12)22/h3-4,6,8,11,22H,1-2,5,7,9H2,(H3,18,20,21). The molecule has 0 atom stereocenters. The number of benzene rings is 1. The Balaban J connectivity index is 1.68. The molecule has 0 saturated heterocycles. The van der Waals surface area contributed by atoms with Gasteiger partial charge in [-0.05, 0) is 31.4 Å². The molecule has 1 aromatic carbocycles. The van der Waals surface area contributed by atoms with Crippen molar-refractivity contribution in [3.05, 3.63) is 41.1 Å². The van der Waals surface area contributed by atoms with Crippen molar-refractivity contribution in [3.63, 3.8) is 0 Å². The van der Waals surface area contributed by atoms with E-state index in [1.54, 1.807) is 18.3 Å². The Labute approximate surface area is 129 Å². The maximum atomic E-state index is 9.59. The van der Waals surface area contributed by atoms with Crippen LogP contribution in [0.4, 0.5) is 5.82 Å². The highest BCUT2D eigenvalue weighted by molar-refractivity contribution is 5.83. The Morgan fingerprint density at radius 2 is 2.14 bits per heavy atom. The second-order valence-corrected chi connectivity index (χ2v) is 4.98. The van der Waals surface area contributed by atoms with Crippen molar-refractivity contribution < 1.29 is 5.11 Å². The molecule has 0 aliphatic rings. The third kappa shape index (κ3) is 4.09. The Morgan fingerprint density at radius 1 is 1.32 bits per heavy atom. The van der Waals surface area contributed by atoms with Gasteiger partial charge in [0.25, 0.3) is 0 Å². The van der Waals surface area contributed by atoms with Crippen molar-refractivity contribution in [1.29, 1.82) is 5.26 Å². The number of phenols is 1. The van der Waals surface area contributed by atoms with Crippen LogP contribution in [-0.2, 0) is 6.42 Å². The van der Waals surface area contributed by atoms with Gasteiger partial charge in [-0.2, -0.15) is 10.4 Å². The molecule has 6 nitrogen and oxygen atoms in total. The molecular formula is C16H19N5O. The number of phenolic OH excluding ortho intramolecular Hbond substituents is 1. The van der Waals surface area contributed by atoms with Crippen molar-refractivity contribution in [2.24, 2.45) is 4.99 Å². The summed E-state index contributed by atoms with van der Waals surface area (Å²) in [6.45, 7) is 0.713. The van der Waals surface area contributed by atoms with Gasteiger partial charge < -0.3 is 10.8 Å². The molecule has 114 valence electrons. The fourth-order valence-corrected chi connectivity index (χ4v) is 2.14. The lowest BCUT2D eigenvalue weighted by Crippen LogP contribution is -1.92. The van der Waals surface area contributed by atoms with Crippen molar-refractivity contribution in [2.45, 2.75) is 25.7 Å². The van der Waals surface area contributed by atoms with E-state index in [1.807, 2.05) is 12.1 Å². The summed E-state index contributed by atoms with van der Waals surface area (Å²) in [6.07, 6.45) is 5.36. The molecule has 0 bridgehead atoms. The quantitative estimate of drug-likeness (QED) is 0.538. The van der Waals surface area contributed by atoms with E-state index in [2.05, 4.69) is 21.3 Å². The minimum atomic E-state index is 0.243. The largest absolute Gasteiger partial charge is 0.507 e. The van der Waals surface area contributed by atoms with Gasteiger partial charge in [-0.15, -0.1) is 0 Å². The zero-order valence-corrected chi connectivity index (χ0v) is 12.3. The molecular weight excluding hydrogens is 278 g/mol. The molecule has 0 saturated carbocycles. The molecule has 1 heterocycles. The molecule has 0 aliphatic carbocycles. The number of nitrogens with two attached hydrogens (primary N) is 1. The van der Waals surface area contributed by atoms with E-state index in [-0.39, 0.29) is 11.6 Å². The summed E-state index contributed by atoms with van der Waals surface area (Å²) in [5.74, 6) is 0.511. The van der Waals surface area contributed by atoms with Gasteiger partial charge in [0.15, 0.2) is 5.82 Å². The molecule has 0 amide bonds. The smallest absolute Gasteiger partial charge is 0.163 e. The number of nitrogens with one attached hydrogen (secondary N) is 1. The van der Waals surface area contributed by atoms with E-state index in [9.17, 15) is 5.11 Å². The fourth-order valence-electron chi connectivity index (χ4n) is 2.14. The number of hydrogen-bond donors (Lipinski definition) is 3. The third-order valence-corrected chi connectivity index (χ3v) is 3.36. The van der Waals surface area contributed by atoms with Crippen LogP contribution in [0.3, 0.4) is 0 Å². The Kier molecular flexibility index (Phi) is 5.55. The van der Waals surface area contributed by atoms with Crippen molar-refractivity contribution >= 4 is 12.0 Å². The number of hydrogen-bond acceptors (Lipinski definition) is 5. The highest BCUT2D eigenvalue weighted by Gasteiger charge is 2.08. The van der Waals surface area contributed by atoms with Gasteiger partial charge in [-0.1, -0.05) is 18.6 Å². The van der Waals surface area contributed by atoms with Gasteiger partial charge in [0.05, 0.1) is 5.69 Å². The maximum Gasteiger partial charge on any atom is 0.163 e. The summed E-state index contributed by atoms with van der Waals surface area (Å²) in [5.41, 5.74) is 7.58. The highest BCUT2D eigenvalue weighted by atomic mass is 16.3. The predicted molar refractivity (Wildman–Crippen MR) is 85.8 cm³/mol. The highest BCUT2D eigenvalue weighted by Crippen LogP contribution is 2.15. The van der Waals surface area contributed by atoms with Crippen LogP contribution in [0, 0.1) is 11.3 Å². The lowest BCUT2D eigenvalue weighted by Gasteiger charge is -1.99. The SMILES string of the molecule is N#Cc1c(N)n[nH]c1CCCCCN=Cc1ccccc1O. The normalized spacial score (nSPS) is 10.9. The summed E-state index contributed by atoms with van der Waals surface area (Å²) in [6, 6.07) is 9.18. The van der Waals surface area contributed by atoms with Gasteiger partial charge in [0.2, 0.25) is 0 Å². The fraction of sp³-hybridized carbons (Fsp3) is 0.312. The molecule has 0 spiro atoms. The summed E-state index contributed by atoms with van der Waals surface area (Å²) in [5, 5.41) is 25.2. The first-order chi connectivity index (χ1) is 10.7. The van der Waals surface area contributed by atoms with E-state index in [0.29, 0.717) is 12.1 Å². The molecule has 2 aromatic rings. The Hall–Kier alpha value is -2.81. The van der Waals surface area contributed by atoms with E-state index in [4.69, 9.17) is 11.0 Å². The van der Waals surface area contributed by atoms with Crippen molar-refractivity contribution in [1.82, 2.24) is 10.2 Å². The van der Waals surface area contributed by atoms with Crippen LogP contribution in [-0.4, -0.2) is 28.1 Å². The van der Waals surface area contributed by atoms with Crippen LogP contribution in [0.15, 0.2) is 29.3 Å². The number of aromatic amines is 1. The Morgan fingerprint density at radius 3 is 2.91 bits per heavy atom. The number of aryl methyl sites for hydroxylation is 1. The number of para-hydroxylation sites is 1. The minimum Gasteiger partial charge on any atom is -0.507 e.